The molecule has 0 aliphatic rings. The number of amides is 1. The highest BCUT2D eigenvalue weighted by molar-refractivity contribution is 8.00. The molecule has 4 aromatic rings. The first-order valence-corrected chi connectivity index (χ1v) is 11.1. The van der Waals surface area contributed by atoms with E-state index in [0.717, 1.165) is 28.1 Å². The van der Waals surface area contributed by atoms with Gasteiger partial charge in [0.25, 0.3) is 0 Å². The van der Waals surface area contributed by atoms with Crippen molar-refractivity contribution in [2.75, 3.05) is 18.2 Å². The number of aromatic nitrogens is 2. The Hall–Kier alpha value is -4.09. The van der Waals surface area contributed by atoms with Crippen LogP contribution in [0.5, 0.6) is 5.75 Å². The number of hydrogen-bond acceptors (Lipinski definition) is 7. The molecule has 0 aliphatic carbocycles. The van der Waals surface area contributed by atoms with Crippen LogP contribution in [0, 0.1) is 18.3 Å². The highest BCUT2D eigenvalue weighted by Crippen LogP contribution is 2.34. The van der Waals surface area contributed by atoms with Crippen LogP contribution in [0.15, 0.2) is 76.3 Å². The van der Waals surface area contributed by atoms with Gasteiger partial charge in [0.05, 0.1) is 24.1 Å². The molecule has 0 bridgehead atoms. The van der Waals surface area contributed by atoms with Crippen molar-refractivity contribution in [3.05, 3.63) is 78.1 Å². The molecule has 0 fully saturated rings. The molecule has 7 nitrogen and oxygen atoms in total. The smallest absolute Gasteiger partial charge is 0.236 e. The molecule has 2 aromatic heterocycles. The number of anilines is 1. The summed E-state index contributed by atoms with van der Waals surface area (Å²) >= 11 is 1.20. The second kappa shape index (κ2) is 10.0. The highest BCUT2D eigenvalue weighted by atomic mass is 32.2. The predicted octanol–water partition coefficient (Wildman–Crippen LogP) is 5.32. The van der Waals surface area contributed by atoms with Crippen molar-refractivity contribution in [2.24, 2.45) is 0 Å². The van der Waals surface area contributed by atoms with Crippen molar-refractivity contribution < 1.29 is 14.1 Å². The monoisotopic (exact) mass is 456 g/mol. The second-order valence-electron chi connectivity index (χ2n) is 7.10. The van der Waals surface area contributed by atoms with E-state index in [0.29, 0.717) is 22.2 Å². The largest absolute Gasteiger partial charge is 0.497 e. The maximum absolute atomic E-state index is 12.4. The van der Waals surface area contributed by atoms with Crippen LogP contribution in [-0.4, -0.2) is 28.9 Å². The Morgan fingerprint density at radius 3 is 2.52 bits per heavy atom. The van der Waals surface area contributed by atoms with Crippen LogP contribution in [0.4, 0.5) is 5.82 Å². The van der Waals surface area contributed by atoms with E-state index < -0.39 is 0 Å². The van der Waals surface area contributed by atoms with E-state index in [1.165, 1.54) is 11.8 Å². The number of carbonyl (C=O) groups excluding carboxylic acids is 1. The zero-order chi connectivity index (χ0) is 23.2. The minimum absolute atomic E-state index is 0.0634. The van der Waals surface area contributed by atoms with Gasteiger partial charge in [-0.25, -0.2) is 4.98 Å². The minimum atomic E-state index is -0.268. The van der Waals surface area contributed by atoms with Gasteiger partial charge in [0.2, 0.25) is 5.91 Å². The molecule has 0 radical (unpaired) electrons. The zero-order valence-corrected chi connectivity index (χ0v) is 18.8. The molecule has 8 heteroatoms. The third kappa shape index (κ3) is 5.22. The third-order valence-electron chi connectivity index (χ3n) is 4.80. The summed E-state index contributed by atoms with van der Waals surface area (Å²) in [6.07, 6.45) is 0. The average Bonchev–Trinajstić information content (AvgIpc) is 3.26. The molecule has 4 rings (SSSR count). The Morgan fingerprint density at radius 1 is 1.12 bits per heavy atom. The summed E-state index contributed by atoms with van der Waals surface area (Å²) in [5, 5.41) is 16.9. The van der Waals surface area contributed by atoms with Gasteiger partial charge in [-0.2, -0.15) is 5.26 Å². The van der Waals surface area contributed by atoms with Crippen LogP contribution >= 0.6 is 11.8 Å². The first kappa shape index (κ1) is 22.1. The zero-order valence-electron chi connectivity index (χ0n) is 18.0. The molecule has 0 unspecified atom stereocenters. The SMILES string of the molecule is COc1ccc(-c2cc(-c3ccccc3)nc(SCC(=O)Nc3cc(C)on3)c2C#N)cc1. The Labute approximate surface area is 195 Å². The molecule has 1 amide bonds. The molecule has 2 aromatic carbocycles. The highest BCUT2D eigenvalue weighted by Gasteiger charge is 2.17. The third-order valence-corrected chi connectivity index (χ3v) is 5.78. The van der Waals surface area contributed by atoms with Crippen molar-refractivity contribution in [1.82, 2.24) is 10.1 Å². The molecule has 0 atom stereocenters. The van der Waals surface area contributed by atoms with E-state index >= 15 is 0 Å². The van der Waals surface area contributed by atoms with Crippen LogP contribution in [-0.2, 0) is 4.79 Å². The number of nitrogens with one attached hydrogen (secondary N) is 1. The number of carbonyl (C=O) groups is 1. The van der Waals surface area contributed by atoms with E-state index in [1.807, 2.05) is 60.7 Å². The summed E-state index contributed by atoms with van der Waals surface area (Å²) in [5.41, 5.74) is 3.65. The van der Waals surface area contributed by atoms with E-state index in [2.05, 4.69) is 16.5 Å². The van der Waals surface area contributed by atoms with Crippen molar-refractivity contribution in [3.8, 4) is 34.2 Å². The quantitative estimate of drug-likeness (QED) is 0.375. The lowest BCUT2D eigenvalue weighted by molar-refractivity contribution is -0.113. The van der Waals surface area contributed by atoms with E-state index in [1.54, 1.807) is 20.1 Å². The maximum Gasteiger partial charge on any atom is 0.236 e. The molecule has 33 heavy (non-hydrogen) atoms. The number of nitriles is 1. The summed E-state index contributed by atoms with van der Waals surface area (Å²) < 4.78 is 10.2. The predicted molar refractivity (Wildman–Crippen MR) is 127 cm³/mol. The molecule has 164 valence electrons. The number of methoxy groups -OCH3 is 1. The number of thioether (sulfide) groups is 1. The van der Waals surface area contributed by atoms with E-state index in [9.17, 15) is 10.1 Å². The maximum atomic E-state index is 12.4. The van der Waals surface area contributed by atoms with Gasteiger partial charge >= 0.3 is 0 Å². The number of aryl methyl sites for hydroxylation is 1. The van der Waals surface area contributed by atoms with Crippen molar-refractivity contribution in [1.29, 1.82) is 5.26 Å². The molecule has 0 saturated carbocycles. The van der Waals surface area contributed by atoms with Gasteiger partial charge in [-0.05, 0) is 30.7 Å². The van der Waals surface area contributed by atoms with Gasteiger partial charge < -0.3 is 14.6 Å². The van der Waals surface area contributed by atoms with Crippen LogP contribution in [0.1, 0.15) is 11.3 Å². The first-order chi connectivity index (χ1) is 16.1. The minimum Gasteiger partial charge on any atom is -0.497 e. The van der Waals surface area contributed by atoms with Gasteiger partial charge in [-0.15, -0.1) is 0 Å². The number of rotatable bonds is 7. The summed E-state index contributed by atoms with van der Waals surface area (Å²) in [4.78, 5) is 17.2. The van der Waals surface area contributed by atoms with E-state index in [-0.39, 0.29) is 11.7 Å². The van der Waals surface area contributed by atoms with Crippen LogP contribution in [0.25, 0.3) is 22.4 Å². The van der Waals surface area contributed by atoms with Crippen molar-refractivity contribution >= 4 is 23.5 Å². The normalized spacial score (nSPS) is 10.5. The number of nitrogens with zero attached hydrogens (tertiary/aromatic N) is 3. The Morgan fingerprint density at radius 2 is 1.88 bits per heavy atom. The molecule has 0 spiro atoms. The van der Waals surface area contributed by atoms with Gasteiger partial charge in [0.1, 0.15) is 22.6 Å². The number of ether oxygens (including phenoxy) is 1. The fourth-order valence-corrected chi connectivity index (χ4v) is 4.03. The molecule has 0 saturated heterocycles. The first-order valence-electron chi connectivity index (χ1n) is 10.1. The topological polar surface area (TPSA) is 101 Å². The summed E-state index contributed by atoms with van der Waals surface area (Å²) in [7, 11) is 1.61. The molecule has 1 N–H and O–H groups in total. The number of hydrogen-bond donors (Lipinski definition) is 1. The standard InChI is InChI=1S/C25H20N4O3S/c1-16-12-23(29-32-16)28-24(30)15-33-25-21(14-26)20(17-8-10-19(31-2)11-9-17)13-22(27-25)18-6-4-3-5-7-18/h3-13H,15H2,1-2H3,(H,28,29,30). The average molecular weight is 457 g/mol. The van der Waals surface area contributed by atoms with Crippen LogP contribution in [0.3, 0.4) is 0 Å². The summed E-state index contributed by atoms with van der Waals surface area (Å²) in [6.45, 7) is 1.75. The van der Waals surface area contributed by atoms with Crippen LogP contribution in [0.2, 0.25) is 0 Å². The molecular formula is C25H20N4O3S. The molecule has 0 aliphatic heterocycles. The lowest BCUT2D eigenvalue weighted by atomic mass is 9.99. The Kier molecular flexibility index (Phi) is 6.72. The summed E-state index contributed by atoms with van der Waals surface area (Å²) in [5.74, 6) is 1.47. The fraction of sp³-hybridized carbons (Fsp3) is 0.120. The molecular weight excluding hydrogens is 436 g/mol. The van der Waals surface area contributed by atoms with Gasteiger partial charge in [-0.1, -0.05) is 59.4 Å². The number of pyridine rings is 1. The second-order valence-corrected chi connectivity index (χ2v) is 8.07. The fourth-order valence-electron chi connectivity index (χ4n) is 3.23. The number of benzene rings is 2. The lowest BCUT2D eigenvalue weighted by Gasteiger charge is -2.13. The Balaban J connectivity index is 1.69. The van der Waals surface area contributed by atoms with E-state index in [4.69, 9.17) is 14.2 Å². The summed E-state index contributed by atoms with van der Waals surface area (Å²) in [6, 6.07) is 23.0. The Bertz CT molecular complexity index is 1310. The molecule has 2 heterocycles. The van der Waals surface area contributed by atoms with Crippen molar-refractivity contribution in [3.63, 3.8) is 0 Å². The van der Waals surface area contributed by atoms with Crippen molar-refractivity contribution in [2.45, 2.75) is 11.9 Å². The van der Waals surface area contributed by atoms with Gasteiger partial charge in [0, 0.05) is 17.2 Å². The van der Waals surface area contributed by atoms with Gasteiger partial charge in [-0.3, -0.25) is 4.79 Å². The van der Waals surface area contributed by atoms with Gasteiger partial charge in [0.15, 0.2) is 5.82 Å². The lowest BCUT2D eigenvalue weighted by Crippen LogP contribution is -2.14. The van der Waals surface area contributed by atoms with Crippen LogP contribution < -0.4 is 10.1 Å².